The molecule has 2 amide bonds. The minimum absolute atomic E-state index is 0.175. The summed E-state index contributed by atoms with van der Waals surface area (Å²) in [6.07, 6.45) is 0. The molecule has 2 aromatic carbocycles. The molecule has 1 fully saturated rings. The maximum Gasteiger partial charge on any atom is 0.319 e. The zero-order valence-electron chi connectivity index (χ0n) is 17.7. The van der Waals surface area contributed by atoms with E-state index < -0.39 is 0 Å². The molecule has 1 heterocycles. The van der Waals surface area contributed by atoms with Crippen molar-refractivity contribution >= 4 is 11.7 Å². The number of carbonyl (C=O) groups excluding carboxylic acids is 1. The first kappa shape index (κ1) is 21.1. The lowest BCUT2D eigenvalue weighted by molar-refractivity contribution is 0.0198. The van der Waals surface area contributed by atoms with Gasteiger partial charge in [-0.3, -0.25) is 4.90 Å². The summed E-state index contributed by atoms with van der Waals surface area (Å²) in [4.78, 5) is 14.9. The highest BCUT2D eigenvalue weighted by molar-refractivity contribution is 5.89. The van der Waals surface area contributed by atoms with Gasteiger partial charge < -0.3 is 20.1 Å². The normalized spacial score (nSPS) is 16.7. The van der Waals surface area contributed by atoms with Crippen molar-refractivity contribution in [2.24, 2.45) is 0 Å². The third kappa shape index (κ3) is 5.49. The van der Waals surface area contributed by atoms with Crippen LogP contribution in [-0.2, 0) is 4.74 Å². The second-order valence-electron chi connectivity index (χ2n) is 7.51. The molecule has 0 aliphatic carbocycles. The number of morpholine rings is 1. The Labute approximate surface area is 173 Å². The van der Waals surface area contributed by atoms with Crippen molar-refractivity contribution in [2.75, 3.05) is 38.7 Å². The van der Waals surface area contributed by atoms with E-state index in [4.69, 9.17) is 9.47 Å². The number of hydrogen-bond donors (Lipinski definition) is 2. The van der Waals surface area contributed by atoms with Crippen molar-refractivity contribution in [3.8, 4) is 5.75 Å². The van der Waals surface area contributed by atoms with Gasteiger partial charge in [0.1, 0.15) is 5.75 Å². The third-order valence-electron chi connectivity index (χ3n) is 5.44. The van der Waals surface area contributed by atoms with Crippen molar-refractivity contribution in [2.45, 2.75) is 32.9 Å². The Bertz CT molecular complexity index is 817. The molecule has 0 aromatic heterocycles. The van der Waals surface area contributed by atoms with E-state index in [1.807, 2.05) is 44.2 Å². The fourth-order valence-electron chi connectivity index (χ4n) is 3.65. The van der Waals surface area contributed by atoms with Crippen molar-refractivity contribution in [1.29, 1.82) is 0 Å². The Morgan fingerprint density at radius 1 is 1.10 bits per heavy atom. The number of amides is 2. The van der Waals surface area contributed by atoms with Crippen molar-refractivity contribution in [1.82, 2.24) is 10.2 Å². The molecule has 156 valence electrons. The predicted molar refractivity (Wildman–Crippen MR) is 116 cm³/mol. The molecule has 1 saturated heterocycles. The van der Waals surface area contributed by atoms with Crippen LogP contribution < -0.4 is 15.4 Å². The summed E-state index contributed by atoms with van der Waals surface area (Å²) in [6, 6.07) is 13.9. The standard InChI is InChI=1S/C23H31N3O3/c1-16-5-10-22(28-4)21(15-16)17(2)24-23(27)25-20-8-6-19(7-9-20)18(3)26-11-13-29-14-12-26/h5-10,15,17-18H,11-14H2,1-4H3,(H2,24,25,27). The first-order chi connectivity index (χ1) is 14.0. The van der Waals surface area contributed by atoms with Crippen LogP contribution in [0.1, 0.15) is 42.6 Å². The summed E-state index contributed by atoms with van der Waals surface area (Å²) in [5.41, 5.74) is 4.08. The molecular formula is C23H31N3O3. The summed E-state index contributed by atoms with van der Waals surface area (Å²) in [7, 11) is 1.64. The zero-order chi connectivity index (χ0) is 20.8. The molecule has 3 rings (SSSR count). The van der Waals surface area contributed by atoms with Crippen LogP contribution in [0.25, 0.3) is 0 Å². The van der Waals surface area contributed by atoms with E-state index in [0.29, 0.717) is 6.04 Å². The maximum absolute atomic E-state index is 12.5. The summed E-state index contributed by atoms with van der Waals surface area (Å²) < 4.78 is 10.9. The minimum Gasteiger partial charge on any atom is -0.496 e. The highest BCUT2D eigenvalue weighted by Gasteiger charge is 2.19. The van der Waals surface area contributed by atoms with E-state index in [1.54, 1.807) is 7.11 Å². The van der Waals surface area contributed by atoms with E-state index in [0.717, 1.165) is 48.9 Å². The zero-order valence-corrected chi connectivity index (χ0v) is 17.7. The Balaban J connectivity index is 1.58. The highest BCUT2D eigenvalue weighted by Crippen LogP contribution is 2.26. The third-order valence-corrected chi connectivity index (χ3v) is 5.44. The molecule has 2 aromatic rings. The number of aryl methyl sites for hydroxylation is 1. The van der Waals surface area contributed by atoms with Crippen LogP contribution in [0.5, 0.6) is 5.75 Å². The molecule has 2 N–H and O–H groups in total. The fraction of sp³-hybridized carbons (Fsp3) is 0.435. The number of carbonyl (C=O) groups is 1. The average molecular weight is 398 g/mol. The molecular weight excluding hydrogens is 366 g/mol. The number of benzene rings is 2. The largest absolute Gasteiger partial charge is 0.496 e. The summed E-state index contributed by atoms with van der Waals surface area (Å²) in [6.45, 7) is 9.65. The predicted octanol–water partition coefficient (Wildman–Crippen LogP) is 4.28. The number of urea groups is 1. The molecule has 1 aliphatic rings. The highest BCUT2D eigenvalue weighted by atomic mass is 16.5. The molecule has 2 atom stereocenters. The number of nitrogens with one attached hydrogen (secondary N) is 2. The van der Waals surface area contributed by atoms with E-state index in [2.05, 4.69) is 34.6 Å². The number of hydrogen-bond acceptors (Lipinski definition) is 4. The molecule has 1 aliphatic heterocycles. The number of nitrogens with zero attached hydrogens (tertiary/aromatic N) is 1. The summed E-state index contributed by atoms with van der Waals surface area (Å²) in [5.74, 6) is 0.768. The Morgan fingerprint density at radius 3 is 2.45 bits per heavy atom. The lowest BCUT2D eigenvalue weighted by Crippen LogP contribution is -2.38. The van der Waals surface area contributed by atoms with Gasteiger partial charge in [0, 0.05) is 30.4 Å². The monoisotopic (exact) mass is 397 g/mol. The molecule has 2 unspecified atom stereocenters. The van der Waals surface area contributed by atoms with E-state index in [9.17, 15) is 4.79 Å². The average Bonchev–Trinajstić information content (AvgIpc) is 2.74. The van der Waals surface area contributed by atoms with Crippen LogP contribution in [0.2, 0.25) is 0 Å². The van der Waals surface area contributed by atoms with E-state index in [1.165, 1.54) is 5.56 Å². The quantitative estimate of drug-likeness (QED) is 0.764. The molecule has 0 radical (unpaired) electrons. The second-order valence-corrected chi connectivity index (χ2v) is 7.51. The summed E-state index contributed by atoms with van der Waals surface area (Å²) >= 11 is 0. The molecule has 6 nitrogen and oxygen atoms in total. The van der Waals surface area contributed by atoms with Gasteiger partial charge in [-0.05, 0) is 44.5 Å². The van der Waals surface area contributed by atoms with Gasteiger partial charge in [0.15, 0.2) is 0 Å². The van der Waals surface area contributed by atoms with E-state index in [-0.39, 0.29) is 12.1 Å². The van der Waals surface area contributed by atoms with Gasteiger partial charge in [-0.1, -0.05) is 29.8 Å². The molecule has 29 heavy (non-hydrogen) atoms. The van der Waals surface area contributed by atoms with Crippen molar-refractivity contribution < 1.29 is 14.3 Å². The lowest BCUT2D eigenvalue weighted by atomic mass is 10.0. The maximum atomic E-state index is 12.5. The Morgan fingerprint density at radius 2 is 1.79 bits per heavy atom. The molecule has 6 heteroatoms. The van der Waals surface area contributed by atoms with Gasteiger partial charge in [0.2, 0.25) is 0 Å². The summed E-state index contributed by atoms with van der Waals surface area (Å²) in [5, 5.41) is 5.90. The van der Waals surface area contributed by atoms with Gasteiger partial charge in [0.25, 0.3) is 0 Å². The van der Waals surface area contributed by atoms with Gasteiger partial charge >= 0.3 is 6.03 Å². The fourth-order valence-corrected chi connectivity index (χ4v) is 3.65. The van der Waals surface area contributed by atoms with E-state index >= 15 is 0 Å². The minimum atomic E-state index is -0.241. The van der Waals surface area contributed by atoms with Crippen LogP contribution >= 0.6 is 0 Å². The second kappa shape index (κ2) is 9.76. The van der Waals surface area contributed by atoms with Gasteiger partial charge in [-0.25, -0.2) is 4.79 Å². The van der Waals surface area contributed by atoms with Gasteiger partial charge in [-0.15, -0.1) is 0 Å². The number of anilines is 1. The van der Waals surface area contributed by atoms with Crippen LogP contribution in [-0.4, -0.2) is 44.3 Å². The van der Waals surface area contributed by atoms with Crippen molar-refractivity contribution in [3.05, 3.63) is 59.2 Å². The first-order valence-corrected chi connectivity index (χ1v) is 10.1. The smallest absolute Gasteiger partial charge is 0.319 e. The van der Waals surface area contributed by atoms with Crippen LogP contribution in [0.3, 0.4) is 0 Å². The molecule has 0 bridgehead atoms. The first-order valence-electron chi connectivity index (χ1n) is 10.1. The SMILES string of the molecule is COc1ccc(C)cc1C(C)NC(=O)Nc1ccc(C(C)N2CCOCC2)cc1. The number of rotatable bonds is 6. The Kier molecular flexibility index (Phi) is 7.12. The van der Waals surface area contributed by atoms with Crippen molar-refractivity contribution in [3.63, 3.8) is 0 Å². The van der Waals surface area contributed by atoms with Gasteiger partial charge in [0.05, 0.1) is 26.4 Å². The topological polar surface area (TPSA) is 62.8 Å². The van der Waals surface area contributed by atoms with Gasteiger partial charge in [-0.2, -0.15) is 0 Å². The van der Waals surface area contributed by atoms with Crippen LogP contribution in [0.4, 0.5) is 10.5 Å². The molecule has 0 saturated carbocycles. The van der Waals surface area contributed by atoms with Crippen LogP contribution in [0.15, 0.2) is 42.5 Å². The molecule has 0 spiro atoms. The number of ether oxygens (including phenoxy) is 2. The number of methoxy groups -OCH3 is 1. The van der Waals surface area contributed by atoms with Crippen LogP contribution in [0, 0.1) is 6.92 Å². The Hall–Kier alpha value is -2.57. The lowest BCUT2D eigenvalue weighted by Gasteiger charge is -2.32.